The fraction of sp³-hybridized carbons (Fsp3) is 0.118. The van der Waals surface area contributed by atoms with Crippen LogP contribution >= 0.6 is 0 Å². The molecule has 3 rings (SSSR count). The number of ether oxygens (including phenoxy) is 2. The van der Waals surface area contributed by atoms with Crippen molar-refractivity contribution in [3.63, 3.8) is 0 Å². The van der Waals surface area contributed by atoms with Gasteiger partial charge in [0, 0.05) is 10.9 Å². The molecule has 0 aliphatic rings. The van der Waals surface area contributed by atoms with Crippen LogP contribution in [-0.2, 0) is 11.3 Å². The first kappa shape index (κ1) is 14.8. The van der Waals surface area contributed by atoms with Gasteiger partial charge in [0.25, 0.3) is 5.56 Å². The maximum atomic E-state index is 12.3. The SMILES string of the molecule is COc1ccccc1COC(=O)c1n[nH]c(=O)c2ccccc12. The number of benzene rings is 2. The Morgan fingerprint density at radius 1 is 1.09 bits per heavy atom. The number of fused-ring (bicyclic) bond motifs is 1. The van der Waals surface area contributed by atoms with Crippen LogP contribution in [0, 0.1) is 0 Å². The molecule has 0 saturated carbocycles. The molecule has 6 nitrogen and oxygen atoms in total. The second-order valence-electron chi connectivity index (χ2n) is 4.83. The summed E-state index contributed by atoms with van der Waals surface area (Å²) < 4.78 is 10.5. The van der Waals surface area contributed by atoms with Gasteiger partial charge < -0.3 is 9.47 Å². The molecule has 0 amide bonds. The van der Waals surface area contributed by atoms with Gasteiger partial charge in [-0.15, -0.1) is 0 Å². The predicted octanol–water partition coefficient (Wildman–Crippen LogP) is 2.29. The number of methoxy groups -OCH3 is 1. The number of aromatic amines is 1. The zero-order valence-electron chi connectivity index (χ0n) is 12.4. The molecule has 6 heteroatoms. The summed E-state index contributed by atoms with van der Waals surface area (Å²) in [7, 11) is 1.55. The van der Waals surface area contributed by atoms with Crippen molar-refractivity contribution in [1.29, 1.82) is 0 Å². The third-order valence-electron chi connectivity index (χ3n) is 3.44. The van der Waals surface area contributed by atoms with Crippen molar-refractivity contribution in [2.75, 3.05) is 7.11 Å². The number of rotatable bonds is 4. The van der Waals surface area contributed by atoms with Crippen LogP contribution < -0.4 is 10.3 Å². The number of aromatic nitrogens is 2. The minimum atomic E-state index is -0.608. The first-order chi connectivity index (χ1) is 11.2. The van der Waals surface area contributed by atoms with Crippen LogP contribution in [-0.4, -0.2) is 23.3 Å². The van der Waals surface area contributed by atoms with E-state index >= 15 is 0 Å². The summed E-state index contributed by atoms with van der Waals surface area (Å²) in [4.78, 5) is 24.0. The lowest BCUT2D eigenvalue weighted by Crippen LogP contribution is -2.16. The molecule has 1 N–H and O–H groups in total. The number of hydrogen-bond donors (Lipinski definition) is 1. The monoisotopic (exact) mass is 310 g/mol. The van der Waals surface area contributed by atoms with E-state index in [9.17, 15) is 9.59 Å². The normalized spacial score (nSPS) is 10.5. The molecular weight excluding hydrogens is 296 g/mol. The Morgan fingerprint density at radius 2 is 1.78 bits per heavy atom. The molecule has 2 aromatic carbocycles. The molecule has 1 aromatic heterocycles. The Morgan fingerprint density at radius 3 is 2.57 bits per heavy atom. The Hall–Kier alpha value is -3.15. The maximum absolute atomic E-state index is 12.3. The second kappa shape index (κ2) is 6.31. The lowest BCUT2D eigenvalue weighted by atomic mass is 10.1. The van der Waals surface area contributed by atoms with Crippen LogP contribution in [0.15, 0.2) is 53.3 Å². The standard InChI is InChI=1S/C17H14N2O4/c1-22-14-9-5-2-6-11(14)10-23-17(21)15-12-7-3-4-8-13(12)16(20)19-18-15/h2-9H,10H2,1H3,(H,19,20). The van der Waals surface area contributed by atoms with E-state index in [-0.39, 0.29) is 17.9 Å². The van der Waals surface area contributed by atoms with Gasteiger partial charge in [0.1, 0.15) is 12.4 Å². The average molecular weight is 310 g/mol. The summed E-state index contributed by atoms with van der Waals surface area (Å²) in [6.07, 6.45) is 0. The number of carbonyl (C=O) groups excluding carboxylic acids is 1. The molecule has 0 aliphatic heterocycles. The first-order valence-electron chi connectivity index (χ1n) is 6.97. The van der Waals surface area contributed by atoms with Crippen molar-refractivity contribution in [3.05, 3.63) is 70.1 Å². The molecule has 23 heavy (non-hydrogen) atoms. The van der Waals surface area contributed by atoms with Gasteiger partial charge in [-0.05, 0) is 12.1 Å². The predicted molar refractivity (Wildman–Crippen MR) is 84.5 cm³/mol. The third kappa shape index (κ3) is 2.91. The molecule has 0 saturated heterocycles. The zero-order valence-corrected chi connectivity index (χ0v) is 12.4. The molecule has 0 bridgehead atoms. The van der Waals surface area contributed by atoms with E-state index in [0.717, 1.165) is 5.56 Å². The van der Waals surface area contributed by atoms with Gasteiger partial charge in [0.2, 0.25) is 0 Å². The second-order valence-corrected chi connectivity index (χ2v) is 4.83. The minimum absolute atomic E-state index is 0.0536. The highest BCUT2D eigenvalue weighted by Crippen LogP contribution is 2.19. The molecule has 0 radical (unpaired) electrons. The van der Waals surface area contributed by atoms with Crippen molar-refractivity contribution < 1.29 is 14.3 Å². The van der Waals surface area contributed by atoms with E-state index in [0.29, 0.717) is 16.5 Å². The van der Waals surface area contributed by atoms with Gasteiger partial charge in [-0.25, -0.2) is 9.89 Å². The maximum Gasteiger partial charge on any atom is 0.359 e. The Balaban J connectivity index is 1.87. The number of hydrogen-bond acceptors (Lipinski definition) is 5. The molecule has 3 aromatic rings. The highest BCUT2D eigenvalue weighted by Gasteiger charge is 2.16. The summed E-state index contributed by atoms with van der Waals surface area (Å²) in [5.41, 5.74) is 0.481. The Labute approximate surface area is 131 Å². The van der Waals surface area contributed by atoms with Crippen molar-refractivity contribution in [2.24, 2.45) is 0 Å². The summed E-state index contributed by atoms with van der Waals surface area (Å²) in [6, 6.07) is 14.0. The molecule has 116 valence electrons. The van der Waals surface area contributed by atoms with Crippen LogP contribution in [0.1, 0.15) is 16.1 Å². The number of H-pyrrole nitrogens is 1. The van der Waals surface area contributed by atoms with Crippen molar-refractivity contribution in [1.82, 2.24) is 10.2 Å². The lowest BCUT2D eigenvalue weighted by Gasteiger charge is -2.09. The van der Waals surface area contributed by atoms with Crippen molar-refractivity contribution >= 4 is 16.7 Å². The van der Waals surface area contributed by atoms with Crippen LogP contribution in [0.5, 0.6) is 5.75 Å². The summed E-state index contributed by atoms with van der Waals surface area (Å²) in [5, 5.41) is 6.99. The minimum Gasteiger partial charge on any atom is -0.496 e. The lowest BCUT2D eigenvalue weighted by molar-refractivity contribution is 0.0464. The van der Waals surface area contributed by atoms with Gasteiger partial charge >= 0.3 is 5.97 Å². The Bertz CT molecular complexity index is 918. The van der Waals surface area contributed by atoms with E-state index < -0.39 is 5.97 Å². The molecular formula is C17H14N2O4. The fourth-order valence-electron chi connectivity index (χ4n) is 2.30. The number of nitrogens with zero attached hydrogens (tertiary/aromatic N) is 1. The topological polar surface area (TPSA) is 81.3 Å². The fourth-order valence-corrected chi connectivity index (χ4v) is 2.30. The summed E-state index contributed by atoms with van der Waals surface area (Å²) in [6.45, 7) is 0.0536. The molecule has 0 aliphatic carbocycles. The van der Waals surface area contributed by atoms with E-state index in [2.05, 4.69) is 10.2 Å². The highest BCUT2D eigenvalue weighted by atomic mass is 16.5. The Kier molecular flexibility index (Phi) is 4.05. The smallest absolute Gasteiger partial charge is 0.359 e. The summed E-state index contributed by atoms with van der Waals surface area (Å²) >= 11 is 0. The van der Waals surface area contributed by atoms with E-state index in [1.807, 2.05) is 18.2 Å². The van der Waals surface area contributed by atoms with E-state index in [1.165, 1.54) is 0 Å². The largest absolute Gasteiger partial charge is 0.496 e. The average Bonchev–Trinajstić information content (AvgIpc) is 2.60. The number of carbonyl (C=O) groups is 1. The zero-order chi connectivity index (χ0) is 16.2. The van der Waals surface area contributed by atoms with Crippen LogP contribution in [0.2, 0.25) is 0 Å². The molecule has 0 atom stereocenters. The number of esters is 1. The molecule has 0 spiro atoms. The number of para-hydroxylation sites is 1. The quantitative estimate of drug-likeness (QED) is 0.748. The molecule has 1 heterocycles. The molecule has 0 fully saturated rings. The van der Waals surface area contributed by atoms with E-state index in [4.69, 9.17) is 9.47 Å². The highest BCUT2D eigenvalue weighted by molar-refractivity contribution is 6.01. The summed E-state index contributed by atoms with van der Waals surface area (Å²) in [5.74, 6) is 0.0305. The number of nitrogens with one attached hydrogen (secondary N) is 1. The van der Waals surface area contributed by atoms with Crippen LogP contribution in [0.25, 0.3) is 10.8 Å². The van der Waals surface area contributed by atoms with Crippen molar-refractivity contribution in [2.45, 2.75) is 6.61 Å². The van der Waals surface area contributed by atoms with Gasteiger partial charge in [0.15, 0.2) is 5.69 Å². The van der Waals surface area contributed by atoms with Crippen LogP contribution in [0.4, 0.5) is 0 Å². The van der Waals surface area contributed by atoms with Gasteiger partial charge in [-0.2, -0.15) is 5.10 Å². The van der Waals surface area contributed by atoms with Crippen molar-refractivity contribution in [3.8, 4) is 5.75 Å². The van der Waals surface area contributed by atoms with E-state index in [1.54, 1.807) is 37.4 Å². The van der Waals surface area contributed by atoms with Gasteiger partial charge in [-0.1, -0.05) is 36.4 Å². The third-order valence-corrected chi connectivity index (χ3v) is 3.44. The molecule has 0 unspecified atom stereocenters. The van der Waals surface area contributed by atoms with Gasteiger partial charge in [0.05, 0.1) is 12.5 Å². The van der Waals surface area contributed by atoms with Crippen LogP contribution in [0.3, 0.4) is 0 Å². The first-order valence-corrected chi connectivity index (χ1v) is 6.97. The van der Waals surface area contributed by atoms with Gasteiger partial charge in [-0.3, -0.25) is 4.79 Å².